The van der Waals surface area contributed by atoms with Crippen LogP contribution >= 0.6 is 0 Å². The Morgan fingerprint density at radius 2 is 2.36 bits per heavy atom. The first-order chi connectivity index (χ1) is 6.72. The third-order valence-corrected chi connectivity index (χ3v) is 2.76. The summed E-state index contributed by atoms with van der Waals surface area (Å²) in [6, 6.07) is 5.95. The molecule has 0 aromatic heterocycles. The monoisotopic (exact) mass is 187 g/mol. The summed E-state index contributed by atoms with van der Waals surface area (Å²) in [5, 5.41) is 9.46. The summed E-state index contributed by atoms with van der Waals surface area (Å²) >= 11 is 0. The molecule has 0 fully saturated rings. The van der Waals surface area contributed by atoms with Gasteiger partial charge in [-0.1, -0.05) is 24.1 Å². The summed E-state index contributed by atoms with van der Waals surface area (Å²) in [6.07, 6.45) is 6.34. The van der Waals surface area contributed by atoms with Crippen LogP contribution in [0.3, 0.4) is 0 Å². The molecule has 0 aliphatic heterocycles. The van der Waals surface area contributed by atoms with E-state index in [9.17, 15) is 5.11 Å². The van der Waals surface area contributed by atoms with Gasteiger partial charge in [-0.3, -0.25) is 0 Å². The molecule has 1 unspecified atom stereocenters. The number of fused-ring (bicyclic) bond motifs is 1. The van der Waals surface area contributed by atoms with Crippen molar-refractivity contribution in [3.05, 3.63) is 34.9 Å². The number of aryl methyl sites for hydroxylation is 1. The molecule has 1 aromatic carbocycles. The maximum atomic E-state index is 9.46. The van der Waals surface area contributed by atoms with Crippen molar-refractivity contribution in [1.82, 2.24) is 0 Å². The van der Waals surface area contributed by atoms with E-state index in [2.05, 4.69) is 5.92 Å². The van der Waals surface area contributed by atoms with Crippen LogP contribution in [0.1, 0.15) is 35.3 Å². The lowest BCUT2D eigenvalue weighted by Gasteiger charge is -2.08. The Kier molecular flexibility index (Phi) is 2.28. The van der Waals surface area contributed by atoms with Crippen molar-refractivity contribution in [3.63, 3.8) is 0 Å². The second-order valence-electron chi connectivity index (χ2n) is 3.67. The fraction of sp³-hybridized carbons (Fsp3) is 0.333. The Hall–Kier alpha value is -1.30. The van der Waals surface area contributed by atoms with Crippen LogP contribution in [-0.2, 0) is 6.42 Å². The first-order valence-corrected chi connectivity index (χ1v) is 4.75. The van der Waals surface area contributed by atoms with Crippen molar-refractivity contribution in [2.45, 2.75) is 25.0 Å². The second kappa shape index (κ2) is 3.45. The van der Waals surface area contributed by atoms with Crippen LogP contribution in [0.25, 0.3) is 0 Å². The van der Waals surface area contributed by atoms with Crippen molar-refractivity contribution in [2.24, 2.45) is 5.73 Å². The van der Waals surface area contributed by atoms with E-state index in [0.29, 0.717) is 0 Å². The van der Waals surface area contributed by atoms with Gasteiger partial charge < -0.3 is 10.8 Å². The van der Waals surface area contributed by atoms with Crippen LogP contribution in [0.5, 0.6) is 0 Å². The fourth-order valence-corrected chi connectivity index (χ4v) is 1.94. The smallest absolute Gasteiger partial charge is 0.139 e. The van der Waals surface area contributed by atoms with Gasteiger partial charge in [-0.25, -0.2) is 0 Å². The molecule has 0 bridgehead atoms. The SMILES string of the molecule is C#CC(O)c1ccc2c(c1)CC[C@H]2N. The van der Waals surface area contributed by atoms with Gasteiger partial charge in [0.25, 0.3) is 0 Å². The van der Waals surface area contributed by atoms with Gasteiger partial charge in [-0.15, -0.1) is 6.42 Å². The summed E-state index contributed by atoms with van der Waals surface area (Å²) in [7, 11) is 0. The summed E-state index contributed by atoms with van der Waals surface area (Å²) < 4.78 is 0. The number of rotatable bonds is 1. The van der Waals surface area contributed by atoms with Gasteiger partial charge in [0.15, 0.2) is 0 Å². The van der Waals surface area contributed by atoms with Gasteiger partial charge in [0.2, 0.25) is 0 Å². The largest absolute Gasteiger partial charge is 0.376 e. The van der Waals surface area contributed by atoms with Gasteiger partial charge in [-0.2, -0.15) is 0 Å². The molecular weight excluding hydrogens is 174 g/mol. The molecule has 0 heterocycles. The molecule has 0 saturated carbocycles. The highest BCUT2D eigenvalue weighted by molar-refractivity contribution is 5.39. The molecule has 72 valence electrons. The van der Waals surface area contributed by atoms with E-state index in [0.717, 1.165) is 18.4 Å². The average Bonchev–Trinajstić information content (AvgIpc) is 2.59. The van der Waals surface area contributed by atoms with E-state index in [1.807, 2.05) is 18.2 Å². The van der Waals surface area contributed by atoms with Crippen molar-refractivity contribution in [3.8, 4) is 12.3 Å². The number of aliphatic hydroxyl groups is 1. The maximum Gasteiger partial charge on any atom is 0.139 e. The molecule has 2 nitrogen and oxygen atoms in total. The molecule has 0 radical (unpaired) electrons. The number of terminal acetylenes is 1. The highest BCUT2D eigenvalue weighted by Crippen LogP contribution is 2.30. The molecular formula is C12H13NO. The van der Waals surface area contributed by atoms with Crippen molar-refractivity contribution >= 4 is 0 Å². The number of nitrogens with two attached hydrogens (primary N) is 1. The molecule has 1 aromatic rings. The first-order valence-electron chi connectivity index (χ1n) is 4.75. The van der Waals surface area contributed by atoms with Gasteiger partial charge in [-0.05, 0) is 29.5 Å². The normalized spacial score (nSPS) is 21.4. The Balaban J connectivity index is 2.38. The molecule has 2 heteroatoms. The van der Waals surface area contributed by atoms with Crippen molar-refractivity contribution in [1.29, 1.82) is 0 Å². The molecule has 0 saturated heterocycles. The second-order valence-corrected chi connectivity index (χ2v) is 3.67. The molecule has 2 atom stereocenters. The first kappa shape index (κ1) is 9.26. The lowest BCUT2D eigenvalue weighted by atomic mass is 10.0. The molecule has 2 rings (SSSR count). The van der Waals surface area contributed by atoms with E-state index < -0.39 is 6.10 Å². The lowest BCUT2D eigenvalue weighted by Crippen LogP contribution is -2.05. The minimum atomic E-state index is -0.794. The van der Waals surface area contributed by atoms with Crippen LogP contribution < -0.4 is 5.73 Å². The molecule has 3 N–H and O–H groups in total. The third kappa shape index (κ3) is 1.41. The minimum absolute atomic E-state index is 0.155. The number of aliphatic hydroxyl groups excluding tert-OH is 1. The molecule has 1 aliphatic rings. The van der Waals surface area contributed by atoms with Crippen LogP contribution in [0.15, 0.2) is 18.2 Å². The number of benzene rings is 1. The zero-order valence-electron chi connectivity index (χ0n) is 7.90. The third-order valence-electron chi connectivity index (χ3n) is 2.76. The number of hydrogen-bond acceptors (Lipinski definition) is 2. The van der Waals surface area contributed by atoms with E-state index in [4.69, 9.17) is 12.2 Å². The van der Waals surface area contributed by atoms with E-state index in [1.54, 1.807) is 0 Å². The lowest BCUT2D eigenvalue weighted by molar-refractivity contribution is 0.238. The minimum Gasteiger partial charge on any atom is -0.376 e. The summed E-state index contributed by atoms with van der Waals surface area (Å²) in [5.74, 6) is 2.31. The Bertz CT molecular complexity index is 392. The standard InChI is InChI=1S/C12H13NO/c1-2-12(14)9-3-5-10-8(7-9)4-6-11(10)13/h1,3,5,7,11-12,14H,4,6,13H2/t11-,12?/m1/s1. The predicted molar refractivity (Wildman–Crippen MR) is 55.5 cm³/mol. The van der Waals surface area contributed by atoms with Gasteiger partial charge in [0.1, 0.15) is 6.10 Å². The zero-order valence-corrected chi connectivity index (χ0v) is 7.90. The average molecular weight is 187 g/mol. The van der Waals surface area contributed by atoms with Crippen LogP contribution in [-0.4, -0.2) is 5.11 Å². The molecule has 1 aliphatic carbocycles. The van der Waals surface area contributed by atoms with Crippen LogP contribution in [0.4, 0.5) is 0 Å². The fourth-order valence-electron chi connectivity index (χ4n) is 1.94. The van der Waals surface area contributed by atoms with E-state index >= 15 is 0 Å². The Morgan fingerprint density at radius 3 is 3.07 bits per heavy atom. The summed E-state index contributed by atoms with van der Waals surface area (Å²) in [6.45, 7) is 0. The highest BCUT2D eigenvalue weighted by Gasteiger charge is 2.19. The maximum absolute atomic E-state index is 9.46. The van der Waals surface area contributed by atoms with Crippen molar-refractivity contribution < 1.29 is 5.11 Å². The topological polar surface area (TPSA) is 46.2 Å². The van der Waals surface area contributed by atoms with Crippen molar-refractivity contribution in [2.75, 3.05) is 0 Å². The number of hydrogen-bond donors (Lipinski definition) is 2. The summed E-state index contributed by atoms with van der Waals surface area (Å²) in [5.41, 5.74) is 9.11. The van der Waals surface area contributed by atoms with Gasteiger partial charge in [0, 0.05) is 6.04 Å². The predicted octanol–water partition coefficient (Wildman–Crippen LogP) is 1.30. The van der Waals surface area contributed by atoms with E-state index in [-0.39, 0.29) is 6.04 Å². The van der Waals surface area contributed by atoms with Gasteiger partial charge in [0.05, 0.1) is 0 Å². The van der Waals surface area contributed by atoms with Gasteiger partial charge >= 0.3 is 0 Å². The quantitative estimate of drug-likeness (QED) is 0.651. The van der Waals surface area contributed by atoms with Crippen LogP contribution in [0, 0.1) is 12.3 Å². The molecule has 0 amide bonds. The molecule has 0 spiro atoms. The highest BCUT2D eigenvalue weighted by atomic mass is 16.3. The molecule has 14 heavy (non-hydrogen) atoms. The Labute approximate surface area is 83.7 Å². The van der Waals surface area contributed by atoms with Crippen LogP contribution in [0.2, 0.25) is 0 Å². The zero-order chi connectivity index (χ0) is 10.1. The summed E-state index contributed by atoms with van der Waals surface area (Å²) in [4.78, 5) is 0. The van der Waals surface area contributed by atoms with E-state index in [1.165, 1.54) is 11.1 Å². The Morgan fingerprint density at radius 1 is 1.57 bits per heavy atom.